The smallest absolute Gasteiger partial charge is 0.347 e. The molecule has 150 valence electrons. The lowest BCUT2D eigenvalue weighted by Gasteiger charge is -2.22. The molecule has 2 aliphatic heterocycles. The van der Waals surface area contributed by atoms with Gasteiger partial charge in [0.15, 0.2) is 0 Å². The summed E-state index contributed by atoms with van der Waals surface area (Å²) in [6.45, 7) is 4.03. The molecule has 1 fully saturated rings. The molecule has 3 heterocycles. The van der Waals surface area contributed by atoms with E-state index in [1.807, 2.05) is 6.92 Å². The van der Waals surface area contributed by atoms with Crippen molar-refractivity contribution < 1.29 is 27.2 Å². The van der Waals surface area contributed by atoms with Crippen molar-refractivity contribution in [2.24, 2.45) is 0 Å². The average molecular weight is 406 g/mol. The maximum absolute atomic E-state index is 13.3. The minimum atomic E-state index is -3.74. The standard InChI is InChI=1S/C19H22N2O6S/c1-11-9-15(20-27-11)16-5-4-8-21(16)28(23,24)13-6-7-17-14(10-13)12(2)18(26-17)19(22)25-3/h6-7,9-10,12,16,18H,4-5,8H2,1-3H3. The normalized spacial score (nSPS) is 24.8. The van der Waals surface area contributed by atoms with Crippen molar-refractivity contribution in [1.29, 1.82) is 0 Å². The Morgan fingerprint density at radius 3 is 2.79 bits per heavy atom. The molecule has 0 aliphatic carbocycles. The third-order valence-corrected chi connectivity index (χ3v) is 7.32. The van der Waals surface area contributed by atoms with Crippen molar-refractivity contribution >= 4 is 16.0 Å². The second-order valence-corrected chi connectivity index (χ2v) is 9.08. The first-order valence-corrected chi connectivity index (χ1v) is 10.6. The van der Waals surface area contributed by atoms with Gasteiger partial charge < -0.3 is 14.0 Å². The molecule has 0 bridgehead atoms. The first-order chi connectivity index (χ1) is 13.3. The largest absolute Gasteiger partial charge is 0.478 e. The lowest BCUT2D eigenvalue weighted by Crippen LogP contribution is -2.31. The molecule has 2 aromatic rings. The topological polar surface area (TPSA) is 98.9 Å². The maximum Gasteiger partial charge on any atom is 0.347 e. The van der Waals surface area contributed by atoms with E-state index in [0.717, 1.165) is 6.42 Å². The molecule has 0 spiro atoms. The Morgan fingerprint density at radius 1 is 1.32 bits per heavy atom. The van der Waals surface area contributed by atoms with Crippen molar-refractivity contribution in [3.8, 4) is 5.75 Å². The molecule has 1 saturated heterocycles. The summed E-state index contributed by atoms with van der Waals surface area (Å²) in [4.78, 5) is 12.1. The van der Waals surface area contributed by atoms with Gasteiger partial charge in [0, 0.05) is 24.1 Å². The molecule has 0 amide bonds. The molecule has 4 rings (SSSR count). The first kappa shape index (κ1) is 18.9. The minimum absolute atomic E-state index is 0.180. The molecule has 8 nitrogen and oxygen atoms in total. The number of carbonyl (C=O) groups excluding carboxylic acids is 1. The van der Waals surface area contributed by atoms with Crippen LogP contribution in [0, 0.1) is 6.92 Å². The molecule has 1 aromatic carbocycles. The van der Waals surface area contributed by atoms with Crippen LogP contribution >= 0.6 is 0 Å². The van der Waals surface area contributed by atoms with E-state index in [0.29, 0.717) is 35.7 Å². The van der Waals surface area contributed by atoms with Gasteiger partial charge in [0.1, 0.15) is 17.2 Å². The second kappa shape index (κ2) is 6.89. The van der Waals surface area contributed by atoms with Crippen LogP contribution in [0.25, 0.3) is 0 Å². The Bertz CT molecular complexity index is 1020. The number of esters is 1. The summed E-state index contributed by atoms with van der Waals surface area (Å²) >= 11 is 0. The van der Waals surface area contributed by atoms with Crippen molar-refractivity contribution in [3.05, 3.63) is 41.3 Å². The van der Waals surface area contributed by atoms with Gasteiger partial charge in [-0.25, -0.2) is 13.2 Å². The van der Waals surface area contributed by atoms with Crippen LogP contribution in [0.3, 0.4) is 0 Å². The fraction of sp³-hybridized carbons (Fsp3) is 0.474. The van der Waals surface area contributed by atoms with Gasteiger partial charge in [-0.3, -0.25) is 0 Å². The van der Waals surface area contributed by atoms with E-state index in [1.54, 1.807) is 25.1 Å². The highest BCUT2D eigenvalue weighted by molar-refractivity contribution is 7.89. The average Bonchev–Trinajstić information content (AvgIpc) is 3.39. The van der Waals surface area contributed by atoms with Crippen LogP contribution < -0.4 is 4.74 Å². The van der Waals surface area contributed by atoms with Crippen LogP contribution in [-0.2, 0) is 19.6 Å². The minimum Gasteiger partial charge on any atom is -0.478 e. The van der Waals surface area contributed by atoms with Crippen molar-refractivity contribution in [2.45, 2.75) is 49.6 Å². The molecule has 0 saturated carbocycles. The highest BCUT2D eigenvalue weighted by atomic mass is 32.2. The van der Waals surface area contributed by atoms with Crippen molar-refractivity contribution in [2.75, 3.05) is 13.7 Å². The third-order valence-electron chi connectivity index (χ3n) is 5.41. The van der Waals surface area contributed by atoms with E-state index in [-0.39, 0.29) is 16.9 Å². The Hall–Kier alpha value is -2.39. The summed E-state index contributed by atoms with van der Waals surface area (Å²) in [5, 5.41) is 4.01. The number of rotatable bonds is 4. The van der Waals surface area contributed by atoms with Gasteiger partial charge in [0.05, 0.1) is 18.0 Å². The number of nitrogens with zero attached hydrogens (tertiary/aromatic N) is 2. The summed E-state index contributed by atoms with van der Waals surface area (Å²) in [5.74, 6) is 0.378. The molecule has 9 heteroatoms. The van der Waals surface area contributed by atoms with Gasteiger partial charge >= 0.3 is 5.97 Å². The highest BCUT2D eigenvalue weighted by Gasteiger charge is 2.41. The van der Waals surface area contributed by atoms with E-state index in [4.69, 9.17) is 14.0 Å². The summed E-state index contributed by atoms with van der Waals surface area (Å²) < 4.78 is 43.7. The van der Waals surface area contributed by atoms with Crippen molar-refractivity contribution in [3.63, 3.8) is 0 Å². The highest BCUT2D eigenvalue weighted by Crippen LogP contribution is 2.42. The molecule has 0 N–H and O–H groups in total. The van der Waals surface area contributed by atoms with Gasteiger partial charge in [-0.15, -0.1) is 0 Å². The number of benzene rings is 1. The van der Waals surface area contributed by atoms with Crippen LogP contribution in [-0.4, -0.2) is 43.6 Å². The van der Waals surface area contributed by atoms with Crippen LogP contribution in [0.15, 0.2) is 33.7 Å². The molecule has 3 atom stereocenters. The Labute approximate surface area is 163 Å². The molecular formula is C19H22N2O6S. The van der Waals surface area contributed by atoms with Crippen LogP contribution in [0.1, 0.15) is 48.7 Å². The summed E-state index contributed by atoms with van der Waals surface area (Å²) in [5.41, 5.74) is 1.31. The van der Waals surface area contributed by atoms with E-state index >= 15 is 0 Å². The fourth-order valence-electron chi connectivity index (χ4n) is 3.92. The zero-order chi connectivity index (χ0) is 20.1. The molecule has 28 heavy (non-hydrogen) atoms. The van der Waals surface area contributed by atoms with E-state index in [1.165, 1.54) is 17.5 Å². The zero-order valence-electron chi connectivity index (χ0n) is 15.9. The number of aryl methyl sites for hydroxylation is 1. The number of aromatic nitrogens is 1. The maximum atomic E-state index is 13.3. The van der Waals surface area contributed by atoms with E-state index in [9.17, 15) is 13.2 Å². The van der Waals surface area contributed by atoms with Gasteiger partial charge in [-0.05, 0) is 38.0 Å². The predicted molar refractivity (Wildman–Crippen MR) is 98.4 cm³/mol. The van der Waals surface area contributed by atoms with Crippen molar-refractivity contribution in [1.82, 2.24) is 9.46 Å². The lowest BCUT2D eigenvalue weighted by molar-refractivity contribution is -0.148. The van der Waals surface area contributed by atoms with Gasteiger partial charge in [-0.2, -0.15) is 4.31 Å². The fourth-order valence-corrected chi connectivity index (χ4v) is 5.63. The number of hydrogen-bond acceptors (Lipinski definition) is 7. The van der Waals surface area contributed by atoms with E-state index < -0.39 is 22.1 Å². The Balaban J connectivity index is 1.66. The van der Waals surface area contributed by atoms with E-state index in [2.05, 4.69) is 5.16 Å². The summed E-state index contributed by atoms with van der Waals surface area (Å²) in [7, 11) is -2.43. The number of fused-ring (bicyclic) bond motifs is 1. The number of carbonyl (C=O) groups is 1. The monoisotopic (exact) mass is 406 g/mol. The zero-order valence-corrected chi connectivity index (χ0v) is 16.7. The molecule has 3 unspecified atom stereocenters. The molecule has 2 aliphatic rings. The van der Waals surface area contributed by atoms with Crippen LogP contribution in [0.2, 0.25) is 0 Å². The van der Waals surface area contributed by atoms with Crippen LogP contribution in [0.5, 0.6) is 5.75 Å². The summed E-state index contributed by atoms with van der Waals surface area (Å²) in [6.07, 6.45) is 0.681. The number of ether oxygens (including phenoxy) is 2. The Kier molecular flexibility index (Phi) is 4.67. The molecule has 1 aromatic heterocycles. The SMILES string of the molecule is COC(=O)C1Oc2ccc(S(=O)(=O)N3CCCC3c3cc(C)on3)cc2C1C. The summed E-state index contributed by atoms with van der Waals surface area (Å²) in [6, 6.07) is 6.16. The number of methoxy groups -OCH3 is 1. The second-order valence-electron chi connectivity index (χ2n) is 7.19. The van der Waals surface area contributed by atoms with Gasteiger partial charge in [-0.1, -0.05) is 12.1 Å². The van der Waals surface area contributed by atoms with Gasteiger partial charge in [0.2, 0.25) is 16.1 Å². The molecule has 0 radical (unpaired) electrons. The predicted octanol–water partition coefficient (Wildman–Crippen LogP) is 2.55. The number of sulfonamides is 1. The van der Waals surface area contributed by atoms with Gasteiger partial charge in [0.25, 0.3) is 0 Å². The quantitative estimate of drug-likeness (QED) is 0.720. The Morgan fingerprint density at radius 2 is 2.11 bits per heavy atom. The van der Waals surface area contributed by atoms with Crippen LogP contribution in [0.4, 0.5) is 0 Å². The lowest BCUT2D eigenvalue weighted by atomic mass is 9.98. The number of hydrogen-bond donors (Lipinski definition) is 0. The molecular weight excluding hydrogens is 384 g/mol. The first-order valence-electron chi connectivity index (χ1n) is 9.16. The third kappa shape index (κ3) is 2.98.